The Morgan fingerprint density at radius 1 is 0.974 bits per heavy atom. The second-order valence-electron chi connectivity index (χ2n) is 9.25. The van der Waals surface area contributed by atoms with E-state index < -0.39 is 17.7 Å². The van der Waals surface area contributed by atoms with Gasteiger partial charge in [-0.2, -0.15) is 13.2 Å². The lowest BCUT2D eigenvalue weighted by atomic mass is 10.0. The first-order valence-corrected chi connectivity index (χ1v) is 13.0. The Morgan fingerprint density at radius 3 is 2.10 bits per heavy atom. The number of halogens is 4. The van der Waals surface area contributed by atoms with Gasteiger partial charge in [0.25, 0.3) is 5.91 Å². The monoisotopic (exact) mass is 558 g/mol. The summed E-state index contributed by atoms with van der Waals surface area (Å²) in [6, 6.07) is 9.03. The van der Waals surface area contributed by atoms with Gasteiger partial charge in [-0.15, -0.1) is 0 Å². The molecule has 0 aliphatic carbocycles. The highest BCUT2D eigenvalue weighted by Gasteiger charge is 2.29. The van der Waals surface area contributed by atoms with E-state index in [1.165, 1.54) is 0 Å². The highest BCUT2D eigenvalue weighted by Crippen LogP contribution is 2.30. The van der Waals surface area contributed by atoms with Gasteiger partial charge in [-0.1, -0.05) is 55.8 Å². The van der Waals surface area contributed by atoms with E-state index in [-0.39, 0.29) is 5.57 Å². The summed E-state index contributed by atoms with van der Waals surface area (Å²) in [5, 5.41) is 3.19. The SMILES string of the molecule is C=C(C)/C(=C\C=C(/C)C(F)(F)F)C(=O)Nc1ccc(Cl)c(C(C=C(C)C)=Nc2c(C)ccc(C)c2C)c1.CC. The van der Waals surface area contributed by atoms with E-state index in [0.717, 1.165) is 47.0 Å². The van der Waals surface area contributed by atoms with Crippen LogP contribution in [0.3, 0.4) is 0 Å². The van der Waals surface area contributed by atoms with Crippen molar-refractivity contribution < 1.29 is 18.0 Å². The maximum Gasteiger partial charge on any atom is 0.412 e. The summed E-state index contributed by atoms with van der Waals surface area (Å²) in [4.78, 5) is 17.9. The van der Waals surface area contributed by atoms with Crippen molar-refractivity contribution in [2.75, 3.05) is 5.32 Å². The van der Waals surface area contributed by atoms with Gasteiger partial charge in [0.05, 0.1) is 16.4 Å². The summed E-state index contributed by atoms with van der Waals surface area (Å²) in [6.07, 6.45) is -0.579. The molecule has 0 atom stereocenters. The van der Waals surface area contributed by atoms with Gasteiger partial charge in [0.2, 0.25) is 0 Å². The Morgan fingerprint density at radius 2 is 1.56 bits per heavy atom. The van der Waals surface area contributed by atoms with Crippen molar-refractivity contribution in [3.8, 4) is 0 Å². The second-order valence-corrected chi connectivity index (χ2v) is 9.66. The molecule has 0 spiro atoms. The lowest BCUT2D eigenvalue weighted by Crippen LogP contribution is -2.16. The van der Waals surface area contributed by atoms with Gasteiger partial charge < -0.3 is 5.32 Å². The number of nitrogens with one attached hydrogen (secondary N) is 1. The molecule has 0 heterocycles. The van der Waals surface area contributed by atoms with E-state index in [4.69, 9.17) is 16.6 Å². The van der Waals surface area contributed by atoms with Crippen molar-refractivity contribution in [3.63, 3.8) is 0 Å². The predicted octanol–water partition coefficient (Wildman–Crippen LogP) is 10.3. The lowest BCUT2D eigenvalue weighted by Gasteiger charge is -2.14. The standard InChI is InChI=1S/C30H32ClF3N2O.C2H6/c1-17(2)15-27(36-28-20(6)10-9-19(5)22(28)8)25-16-23(12-14-26(25)31)35-29(37)24(18(3)4)13-11-21(7)30(32,33)34;1-2/h9-16H,3H2,1-2,4-8H3,(H,35,37);1-2H3/b21-11+,24-13+,36-27?;. The third kappa shape index (κ3) is 9.70. The number of benzene rings is 2. The van der Waals surface area contributed by atoms with Gasteiger partial charge in [0.15, 0.2) is 0 Å². The zero-order valence-electron chi connectivity index (χ0n) is 24.2. The minimum atomic E-state index is -4.48. The van der Waals surface area contributed by atoms with Gasteiger partial charge >= 0.3 is 6.18 Å². The van der Waals surface area contributed by atoms with Gasteiger partial charge in [-0.3, -0.25) is 4.79 Å². The van der Waals surface area contributed by atoms with E-state index in [0.29, 0.717) is 27.6 Å². The fraction of sp³-hybridized carbons (Fsp3) is 0.312. The Balaban J connectivity index is 0.00000371. The number of hydrogen-bond donors (Lipinski definition) is 1. The average Bonchev–Trinajstić information content (AvgIpc) is 2.85. The Kier molecular flexibility index (Phi) is 12.7. The van der Waals surface area contributed by atoms with Crippen LogP contribution in [0.5, 0.6) is 0 Å². The number of hydrogen-bond acceptors (Lipinski definition) is 2. The molecule has 0 fully saturated rings. The Hall–Kier alpha value is -3.38. The smallest absolute Gasteiger partial charge is 0.322 e. The molecule has 2 aromatic rings. The third-order valence-corrected chi connectivity index (χ3v) is 6.04. The van der Waals surface area contributed by atoms with Gasteiger partial charge in [-0.25, -0.2) is 4.99 Å². The molecule has 39 heavy (non-hydrogen) atoms. The molecule has 0 aliphatic rings. The van der Waals surface area contributed by atoms with Crippen molar-refractivity contribution in [2.45, 2.75) is 68.5 Å². The van der Waals surface area contributed by atoms with Crippen molar-refractivity contribution in [1.82, 2.24) is 0 Å². The molecule has 0 aliphatic heterocycles. The molecular formula is C32H38ClF3N2O. The minimum absolute atomic E-state index is 0.0318. The van der Waals surface area contributed by atoms with E-state index in [1.54, 1.807) is 25.1 Å². The number of aliphatic imine (C=N–C) groups is 1. The van der Waals surface area contributed by atoms with Crippen molar-refractivity contribution in [1.29, 1.82) is 0 Å². The number of alkyl halides is 3. The number of rotatable bonds is 7. The maximum atomic E-state index is 13.0. The second kappa shape index (κ2) is 14.7. The first-order chi connectivity index (χ1) is 18.1. The van der Waals surface area contributed by atoms with Crippen molar-refractivity contribution >= 4 is 34.6 Å². The molecule has 7 heteroatoms. The summed E-state index contributed by atoms with van der Waals surface area (Å²) >= 11 is 6.57. The van der Waals surface area contributed by atoms with E-state index in [2.05, 4.69) is 11.9 Å². The van der Waals surface area contributed by atoms with Crippen LogP contribution >= 0.6 is 11.6 Å². The Bertz CT molecular complexity index is 1340. The molecule has 0 bridgehead atoms. The summed E-state index contributed by atoms with van der Waals surface area (Å²) < 4.78 is 38.6. The highest BCUT2D eigenvalue weighted by atomic mass is 35.5. The number of aryl methyl sites for hydroxylation is 2. The first kappa shape index (κ1) is 33.6. The molecule has 0 saturated carbocycles. The summed E-state index contributed by atoms with van der Waals surface area (Å²) in [6.45, 7) is 20.2. The molecule has 1 N–H and O–H groups in total. The van der Waals surface area contributed by atoms with Crippen molar-refractivity contribution in [3.05, 3.63) is 105 Å². The van der Waals surface area contributed by atoms with Gasteiger partial charge in [0.1, 0.15) is 0 Å². The number of nitrogens with zero attached hydrogens (tertiary/aromatic N) is 1. The number of anilines is 1. The molecule has 2 aromatic carbocycles. The summed E-state index contributed by atoms with van der Waals surface area (Å²) in [5.74, 6) is -0.585. The molecule has 1 amide bonds. The van der Waals surface area contributed by atoms with Crippen LogP contribution in [0.25, 0.3) is 0 Å². The zero-order valence-corrected chi connectivity index (χ0v) is 24.9. The van der Waals surface area contributed by atoms with Crippen LogP contribution in [0.2, 0.25) is 5.02 Å². The van der Waals surface area contributed by atoms with E-state index >= 15 is 0 Å². The van der Waals surface area contributed by atoms with Crippen molar-refractivity contribution in [2.24, 2.45) is 4.99 Å². The average molecular weight is 559 g/mol. The molecular weight excluding hydrogens is 521 g/mol. The number of carbonyl (C=O) groups is 1. The fourth-order valence-electron chi connectivity index (χ4n) is 3.38. The number of amides is 1. The zero-order chi connectivity index (χ0) is 30.1. The van der Waals surface area contributed by atoms with Crippen LogP contribution in [0, 0.1) is 20.8 Å². The largest absolute Gasteiger partial charge is 0.412 e. The van der Waals surface area contributed by atoms with Crippen LogP contribution in [0.1, 0.15) is 63.8 Å². The summed E-state index contributed by atoms with van der Waals surface area (Å²) in [5.41, 5.74) is 6.22. The molecule has 0 unspecified atom stereocenters. The highest BCUT2D eigenvalue weighted by molar-refractivity contribution is 6.35. The van der Waals surface area contributed by atoms with Crippen LogP contribution in [0.15, 0.2) is 82.4 Å². The molecule has 2 rings (SSSR count). The van der Waals surface area contributed by atoms with Crippen LogP contribution in [-0.4, -0.2) is 17.8 Å². The minimum Gasteiger partial charge on any atom is -0.322 e. The maximum absolute atomic E-state index is 13.0. The number of carbonyl (C=O) groups excluding carboxylic acids is 1. The van der Waals surface area contributed by atoms with Gasteiger partial charge in [0, 0.05) is 22.4 Å². The van der Waals surface area contributed by atoms with E-state index in [1.807, 2.05) is 66.7 Å². The quantitative estimate of drug-likeness (QED) is 0.205. The van der Waals surface area contributed by atoms with Crippen LogP contribution in [0.4, 0.5) is 24.5 Å². The normalized spacial score (nSPS) is 12.4. The van der Waals surface area contributed by atoms with E-state index in [9.17, 15) is 18.0 Å². The molecule has 0 saturated heterocycles. The summed E-state index contributed by atoms with van der Waals surface area (Å²) in [7, 11) is 0. The predicted molar refractivity (Wildman–Crippen MR) is 160 cm³/mol. The molecule has 210 valence electrons. The molecule has 0 radical (unpaired) electrons. The van der Waals surface area contributed by atoms with Gasteiger partial charge in [-0.05, 0) is 101 Å². The van der Waals surface area contributed by atoms with Crippen LogP contribution < -0.4 is 5.32 Å². The Labute approximate surface area is 235 Å². The topological polar surface area (TPSA) is 41.5 Å². The number of allylic oxidation sites excluding steroid dienone is 5. The lowest BCUT2D eigenvalue weighted by molar-refractivity contribution is -0.112. The van der Waals surface area contributed by atoms with Crippen LogP contribution in [-0.2, 0) is 4.79 Å². The first-order valence-electron chi connectivity index (χ1n) is 12.6. The molecule has 3 nitrogen and oxygen atoms in total. The third-order valence-electron chi connectivity index (χ3n) is 5.71. The molecule has 0 aromatic heterocycles. The fourth-order valence-corrected chi connectivity index (χ4v) is 3.60.